The highest BCUT2D eigenvalue weighted by atomic mass is 15.4. The zero-order valence-electron chi connectivity index (χ0n) is 10.5. The first-order valence-electron chi connectivity index (χ1n) is 5.88. The lowest BCUT2D eigenvalue weighted by molar-refractivity contribution is 0.419. The van der Waals surface area contributed by atoms with E-state index >= 15 is 0 Å². The van der Waals surface area contributed by atoms with E-state index in [-0.39, 0.29) is 5.54 Å². The fourth-order valence-corrected chi connectivity index (χ4v) is 1.37. The lowest BCUT2D eigenvalue weighted by Crippen LogP contribution is -2.40. The molecule has 0 saturated heterocycles. The van der Waals surface area contributed by atoms with E-state index in [1.54, 1.807) is 6.20 Å². The number of aromatic nitrogens is 3. The highest BCUT2D eigenvalue weighted by molar-refractivity contribution is 4.70. The molecule has 0 aliphatic rings. The van der Waals surface area contributed by atoms with Gasteiger partial charge in [-0.05, 0) is 33.7 Å². The van der Waals surface area contributed by atoms with Gasteiger partial charge in [-0.25, -0.2) is 0 Å². The standard InChI is InChI=1S/C11H23N5/c1-11(2,3)13-7-6-12-5-4-9-16-10-8-14-15-16/h8,10,12-13H,4-7,9H2,1-3H3. The average Bonchev–Trinajstić information content (AvgIpc) is 2.67. The van der Waals surface area contributed by atoms with E-state index < -0.39 is 0 Å². The predicted octanol–water partition coefficient (Wildman–Crippen LogP) is 0.646. The second-order valence-corrected chi connectivity index (χ2v) is 4.95. The van der Waals surface area contributed by atoms with Crippen molar-refractivity contribution in [2.75, 3.05) is 19.6 Å². The molecule has 0 atom stereocenters. The van der Waals surface area contributed by atoms with Crippen LogP contribution in [-0.4, -0.2) is 40.2 Å². The van der Waals surface area contributed by atoms with Gasteiger partial charge in [0.25, 0.3) is 0 Å². The molecule has 0 aromatic carbocycles. The normalized spacial score (nSPS) is 11.9. The van der Waals surface area contributed by atoms with Crippen molar-refractivity contribution in [2.24, 2.45) is 0 Å². The van der Waals surface area contributed by atoms with Crippen molar-refractivity contribution < 1.29 is 0 Å². The van der Waals surface area contributed by atoms with Crippen LogP contribution in [0.2, 0.25) is 0 Å². The Morgan fingerprint density at radius 1 is 1.19 bits per heavy atom. The van der Waals surface area contributed by atoms with Gasteiger partial charge in [-0.15, -0.1) is 5.10 Å². The molecule has 2 N–H and O–H groups in total. The van der Waals surface area contributed by atoms with Gasteiger partial charge in [0.15, 0.2) is 0 Å². The van der Waals surface area contributed by atoms with Crippen LogP contribution in [0.5, 0.6) is 0 Å². The number of nitrogens with zero attached hydrogens (tertiary/aromatic N) is 3. The number of hydrogen-bond acceptors (Lipinski definition) is 4. The lowest BCUT2D eigenvalue weighted by Gasteiger charge is -2.20. The zero-order valence-corrected chi connectivity index (χ0v) is 10.5. The summed E-state index contributed by atoms with van der Waals surface area (Å²) < 4.78 is 1.86. The van der Waals surface area contributed by atoms with E-state index in [2.05, 4.69) is 41.7 Å². The summed E-state index contributed by atoms with van der Waals surface area (Å²) in [5.41, 5.74) is 0.211. The fourth-order valence-electron chi connectivity index (χ4n) is 1.37. The molecule has 0 bridgehead atoms. The van der Waals surface area contributed by atoms with Crippen LogP contribution in [0.1, 0.15) is 27.2 Å². The third kappa shape index (κ3) is 6.53. The minimum absolute atomic E-state index is 0.211. The minimum atomic E-state index is 0.211. The quantitative estimate of drug-likeness (QED) is 0.669. The smallest absolute Gasteiger partial charge is 0.0692 e. The first-order chi connectivity index (χ1) is 7.58. The Morgan fingerprint density at radius 3 is 2.62 bits per heavy atom. The Labute approximate surface area is 97.6 Å². The summed E-state index contributed by atoms with van der Waals surface area (Å²) in [6, 6.07) is 0. The second-order valence-electron chi connectivity index (χ2n) is 4.95. The molecule has 0 fully saturated rings. The minimum Gasteiger partial charge on any atom is -0.315 e. The molecule has 0 aliphatic heterocycles. The van der Waals surface area contributed by atoms with Crippen molar-refractivity contribution in [2.45, 2.75) is 39.3 Å². The van der Waals surface area contributed by atoms with Gasteiger partial charge in [0, 0.05) is 31.4 Å². The van der Waals surface area contributed by atoms with Crippen LogP contribution in [0.4, 0.5) is 0 Å². The summed E-state index contributed by atoms with van der Waals surface area (Å²) in [5, 5.41) is 14.5. The number of aryl methyl sites for hydroxylation is 1. The van der Waals surface area contributed by atoms with Gasteiger partial charge in [-0.3, -0.25) is 4.68 Å². The number of rotatable bonds is 7. The number of hydrogen-bond donors (Lipinski definition) is 2. The Kier molecular flexibility index (Phi) is 5.42. The molecule has 0 saturated carbocycles. The van der Waals surface area contributed by atoms with Crippen LogP contribution in [0, 0.1) is 0 Å². The van der Waals surface area contributed by atoms with Crippen molar-refractivity contribution in [3.63, 3.8) is 0 Å². The van der Waals surface area contributed by atoms with Crippen LogP contribution >= 0.6 is 0 Å². The summed E-state index contributed by atoms with van der Waals surface area (Å²) in [5.74, 6) is 0. The summed E-state index contributed by atoms with van der Waals surface area (Å²) >= 11 is 0. The molecule has 1 aromatic heterocycles. The predicted molar refractivity (Wildman–Crippen MR) is 65.3 cm³/mol. The van der Waals surface area contributed by atoms with Gasteiger partial charge in [-0.1, -0.05) is 5.21 Å². The monoisotopic (exact) mass is 225 g/mol. The Bertz CT molecular complexity index is 262. The summed E-state index contributed by atoms with van der Waals surface area (Å²) in [6.45, 7) is 10.5. The van der Waals surface area contributed by atoms with Gasteiger partial charge >= 0.3 is 0 Å². The van der Waals surface area contributed by atoms with Gasteiger partial charge < -0.3 is 10.6 Å². The van der Waals surface area contributed by atoms with Gasteiger partial charge in [-0.2, -0.15) is 0 Å². The number of nitrogens with one attached hydrogen (secondary N) is 2. The van der Waals surface area contributed by atoms with Crippen molar-refractivity contribution in [3.8, 4) is 0 Å². The first kappa shape index (κ1) is 13.1. The van der Waals surface area contributed by atoms with Crippen molar-refractivity contribution >= 4 is 0 Å². The first-order valence-corrected chi connectivity index (χ1v) is 5.88. The molecular formula is C11H23N5. The molecule has 0 spiro atoms. The maximum Gasteiger partial charge on any atom is 0.0692 e. The SMILES string of the molecule is CC(C)(C)NCCNCCCn1ccnn1. The van der Waals surface area contributed by atoms with Gasteiger partial charge in [0.1, 0.15) is 0 Å². The van der Waals surface area contributed by atoms with Crippen LogP contribution in [-0.2, 0) is 6.54 Å². The highest BCUT2D eigenvalue weighted by Crippen LogP contribution is 1.96. The second kappa shape index (κ2) is 6.60. The van der Waals surface area contributed by atoms with Crippen molar-refractivity contribution in [1.29, 1.82) is 0 Å². The van der Waals surface area contributed by atoms with E-state index in [0.29, 0.717) is 0 Å². The summed E-state index contributed by atoms with van der Waals surface area (Å²) in [7, 11) is 0. The molecule has 0 radical (unpaired) electrons. The summed E-state index contributed by atoms with van der Waals surface area (Å²) in [4.78, 5) is 0. The van der Waals surface area contributed by atoms with Crippen LogP contribution in [0.25, 0.3) is 0 Å². The largest absolute Gasteiger partial charge is 0.315 e. The maximum absolute atomic E-state index is 3.91. The van der Waals surface area contributed by atoms with Crippen molar-refractivity contribution in [1.82, 2.24) is 25.6 Å². The third-order valence-electron chi connectivity index (χ3n) is 2.17. The van der Waals surface area contributed by atoms with Crippen LogP contribution < -0.4 is 10.6 Å². The maximum atomic E-state index is 3.91. The lowest BCUT2D eigenvalue weighted by atomic mass is 10.1. The average molecular weight is 225 g/mol. The fraction of sp³-hybridized carbons (Fsp3) is 0.818. The molecule has 1 aromatic rings. The van der Waals surface area contributed by atoms with E-state index in [1.807, 2.05) is 10.9 Å². The molecule has 16 heavy (non-hydrogen) atoms. The highest BCUT2D eigenvalue weighted by Gasteiger charge is 2.06. The van der Waals surface area contributed by atoms with E-state index in [0.717, 1.165) is 32.6 Å². The van der Waals surface area contributed by atoms with Gasteiger partial charge in [0.05, 0.1) is 6.20 Å². The molecular weight excluding hydrogens is 202 g/mol. The zero-order chi connectivity index (χ0) is 11.9. The molecule has 0 amide bonds. The van der Waals surface area contributed by atoms with Crippen LogP contribution in [0.3, 0.4) is 0 Å². The van der Waals surface area contributed by atoms with E-state index in [9.17, 15) is 0 Å². The molecule has 5 nitrogen and oxygen atoms in total. The molecule has 0 unspecified atom stereocenters. The molecule has 0 aliphatic carbocycles. The Balaban J connectivity index is 1.89. The molecule has 1 heterocycles. The van der Waals surface area contributed by atoms with E-state index in [4.69, 9.17) is 0 Å². The van der Waals surface area contributed by atoms with Crippen LogP contribution in [0.15, 0.2) is 12.4 Å². The summed E-state index contributed by atoms with van der Waals surface area (Å²) in [6.07, 6.45) is 4.68. The van der Waals surface area contributed by atoms with E-state index in [1.165, 1.54) is 0 Å². The topological polar surface area (TPSA) is 54.8 Å². The molecule has 92 valence electrons. The third-order valence-corrected chi connectivity index (χ3v) is 2.17. The van der Waals surface area contributed by atoms with Gasteiger partial charge in [0.2, 0.25) is 0 Å². The molecule has 1 rings (SSSR count). The molecule has 5 heteroatoms. The van der Waals surface area contributed by atoms with Crippen molar-refractivity contribution in [3.05, 3.63) is 12.4 Å². The Morgan fingerprint density at radius 2 is 2.00 bits per heavy atom. The Hall–Kier alpha value is -0.940.